The van der Waals surface area contributed by atoms with E-state index in [1.807, 2.05) is 42.6 Å². The molecule has 2 aliphatic heterocycles. The second-order valence-electron chi connectivity index (χ2n) is 10.2. The Morgan fingerprint density at radius 1 is 1.09 bits per heavy atom. The first-order chi connectivity index (χ1) is 15.9. The fraction of sp³-hybridized carbons (Fsp3) is 0.407. The van der Waals surface area contributed by atoms with Crippen molar-refractivity contribution < 1.29 is 14.7 Å². The average molecular weight is 463 g/mol. The predicted octanol–water partition coefficient (Wildman–Crippen LogP) is 5.59. The van der Waals surface area contributed by atoms with Crippen LogP contribution in [0.3, 0.4) is 0 Å². The third kappa shape index (κ3) is 3.36. The number of aromatic nitrogens is 1. The smallest absolute Gasteiger partial charge is 0.309 e. The zero-order chi connectivity index (χ0) is 22.7. The van der Waals surface area contributed by atoms with Crippen molar-refractivity contribution in [2.45, 2.75) is 56.5 Å². The molecule has 0 spiro atoms. The lowest BCUT2D eigenvalue weighted by atomic mass is 9.55. The molecular formula is C27H27ClN2O3. The summed E-state index contributed by atoms with van der Waals surface area (Å²) in [4.78, 5) is 31.3. The number of H-pyrrole nitrogens is 1. The van der Waals surface area contributed by atoms with Gasteiger partial charge in [0.15, 0.2) is 0 Å². The van der Waals surface area contributed by atoms with Gasteiger partial charge in [0, 0.05) is 46.5 Å². The van der Waals surface area contributed by atoms with Crippen LogP contribution in [0.2, 0.25) is 5.02 Å². The molecule has 3 atom stereocenters. The average Bonchev–Trinajstić information content (AvgIpc) is 3.20. The number of amides is 1. The van der Waals surface area contributed by atoms with Gasteiger partial charge in [-0.3, -0.25) is 9.59 Å². The number of hydrogen-bond donors (Lipinski definition) is 2. The van der Waals surface area contributed by atoms with Gasteiger partial charge in [0.25, 0.3) is 0 Å². The van der Waals surface area contributed by atoms with Gasteiger partial charge in [-0.05, 0) is 61.3 Å². The zero-order valence-electron chi connectivity index (χ0n) is 18.3. The minimum atomic E-state index is -0.673. The summed E-state index contributed by atoms with van der Waals surface area (Å²) in [5, 5.41) is 11.7. The van der Waals surface area contributed by atoms with Crippen molar-refractivity contribution in [3.05, 3.63) is 70.9 Å². The fourth-order valence-electron chi connectivity index (χ4n) is 7.08. The van der Waals surface area contributed by atoms with Crippen LogP contribution in [0.15, 0.2) is 54.7 Å². The second-order valence-corrected chi connectivity index (χ2v) is 10.7. The standard InChI is InChI=1S/C27H27ClN2O3/c28-18-6-7-21-23(15-29-24(21)10-18)22(17-4-2-1-3-5-17)11-25(31)30-19-8-16-9-20(30)14-27(12-16,13-19)26(32)33/h1-7,10,15-16,19-20,22,29H,8-9,11-14H2,(H,32,33). The summed E-state index contributed by atoms with van der Waals surface area (Å²) in [5.41, 5.74) is 2.54. The highest BCUT2D eigenvalue weighted by atomic mass is 35.5. The van der Waals surface area contributed by atoms with Gasteiger partial charge in [-0.2, -0.15) is 0 Å². The lowest BCUT2D eigenvalue weighted by Crippen LogP contribution is -2.65. The number of piperidine rings is 2. The molecule has 2 aliphatic carbocycles. The largest absolute Gasteiger partial charge is 0.481 e. The van der Waals surface area contributed by atoms with Crippen LogP contribution in [-0.4, -0.2) is 39.0 Å². The molecule has 6 heteroatoms. The molecule has 33 heavy (non-hydrogen) atoms. The van der Waals surface area contributed by atoms with E-state index >= 15 is 0 Å². The Bertz CT molecular complexity index is 1220. The number of aliphatic carboxylic acids is 1. The van der Waals surface area contributed by atoms with E-state index in [1.165, 1.54) is 0 Å². The molecule has 4 aliphatic rings. The molecule has 1 amide bonds. The minimum absolute atomic E-state index is 0.0537. The Morgan fingerprint density at radius 3 is 2.52 bits per heavy atom. The van der Waals surface area contributed by atoms with E-state index in [9.17, 15) is 14.7 Å². The van der Waals surface area contributed by atoms with E-state index in [2.05, 4.69) is 22.0 Å². The number of carbonyl (C=O) groups excluding carboxylic acids is 1. The number of carboxylic acids is 1. The highest BCUT2D eigenvalue weighted by Crippen LogP contribution is 2.56. The van der Waals surface area contributed by atoms with Crippen LogP contribution in [0, 0.1) is 11.3 Å². The third-order valence-electron chi connectivity index (χ3n) is 8.30. The number of carbonyl (C=O) groups is 2. The van der Waals surface area contributed by atoms with Crippen molar-refractivity contribution >= 4 is 34.4 Å². The van der Waals surface area contributed by atoms with Gasteiger partial charge < -0.3 is 15.0 Å². The van der Waals surface area contributed by atoms with Crippen molar-refractivity contribution in [3.8, 4) is 0 Å². The van der Waals surface area contributed by atoms with Crippen molar-refractivity contribution in [1.82, 2.24) is 9.88 Å². The Labute approximate surface area is 197 Å². The minimum Gasteiger partial charge on any atom is -0.481 e. The monoisotopic (exact) mass is 462 g/mol. The normalized spacial score (nSPS) is 28.9. The van der Waals surface area contributed by atoms with Gasteiger partial charge >= 0.3 is 5.97 Å². The topological polar surface area (TPSA) is 73.4 Å². The lowest BCUT2D eigenvalue weighted by molar-refractivity contribution is -0.178. The Morgan fingerprint density at radius 2 is 1.82 bits per heavy atom. The van der Waals surface area contributed by atoms with E-state index < -0.39 is 11.4 Å². The van der Waals surface area contributed by atoms with Gasteiger partial charge in [0.05, 0.1) is 5.41 Å². The number of nitrogens with zero attached hydrogens (tertiary/aromatic N) is 1. The van der Waals surface area contributed by atoms with E-state index in [1.54, 1.807) is 0 Å². The summed E-state index contributed by atoms with van der Waals surface area (Å²) in [6.45, 7) is 0. The van der Waals surface area contributed by atoms with Crippen LogP contribution in [0.5, 0.6) is 0 Å². The third-order valence-corrected chi connectivity index (χ3v) is 8.54. The molecule has 4 bridgehead atoms. The number of rotatable bonds is 5. The van der Waals surface area contributed by atoms with Crippen molar-refractivity contribution in [1.29, 1.82) is 0 Å². The maximum Gasteiger partial charge on any atom is 0.309 e. The summed E-state index contributed by atoms with van der Waals surface area (Å²) in [6, 6.07) is 16.1. The molecule has 4 fully saturated rings. The first-order valence-electron chi connectivity index (χ1n) is 11.8. The Kier molecular flexibility index (Phi) is 4.80. The van der Waals surface area contributed by atoms with E-state index in [4.69, 9.17) is 11.6 Å². The maximum atomic E-state index is 13.8. The first-order valence-corrected chi connectivity index (χ1v) is 12.2. The lowest BCUT2D eigenvalue weighted by Gasteiger charge is -2.60. The van der Waals surface area contributed by atoms with Crippen LogP contribution in [-0.2, 0) is 9.59 Å². The number of carboxylic acid groups (broad SMARTS) is 1. The molecular weight excluding hydrogens is 436 g/mol. The summed E-state index contributed by atoms with van der Waals surface area (Å²) in [5.74, 6) is -0.180. The molecule has 2 saturated heterocycles. The van der Waals surface area contributed by atoms with E-state index in [-0.39, 0.29) is 23.9 Å². The Balaban J connectivity index is 1.33. The van der Waals surface area contributed by atoms with Crippen molar-refractivity contribution in [2.24, 2.45) is 11.3 Å². The molecule has 1 aromatic heterocycles. The number of benzene rings is 2. The number of hydrogen-bond acceptors (Lipinski definition) is 2. The molecule has 2 N–H and O–H groups in total. The molecule has 3 unspecified atom stereocenters. The Hall–Kier alpha value is -2.79. The molecule has 7 rings (SSSR count). The quantitative estimate of drug-likeness (QED) is 0.519. The van der Waals surface area contributed by atoms with Crippen LogP contribution >= 0.6 is 11.6 Å². The molecule has 3 heterocycles. The summed E-state index contributed by atoms with van der Waals surface area (Å²) >= 11 is 6.19. The predicted molar refractivity (Wildman–Crippen MR) is 127 cm³/mol. The van der Waals surface area contributed by atoms with E-state index in [0.717, 1.165) is 41.3 Å². The maximum absolute atomic E-state index is 13.8. The van der Waals surface area contributed by atoms with Crippen LogP contribution in [0.4, 0.5) is 0 Å². The van der Waals surface area contributed by atoms with Gasteiger partial charge in [0.2, 0.25) is 5.91 Å². The molecule has 2 saturated carbocycles. The zero-order valence-corrected chi connectivity index (χ0v) is 19.1. The summed E-state index contributed by atoms with van der Waals surface area (Å²) < 4.78 is 0. The molecule has 3 aromatic rings. The fourth-order valence-corrected chi connectivity index (χ4v) is 7.25. The highest BCUT2D eigenvalue weighted by molar-refractivity contribution is 6.31. The number of fused-ring (bicyclic) bond motifs is 1. The van der Waals surface area contributed by atoms with Gasteiger partial charge in [0.1, 0.15) is 0 Å². The van der Waals surface area contributed by atoms with Crippen molar-refractivity contribution in [2.75, 3.05) is 0 Å². The summed E-state index contributed by atoms with van der Waals surface area (Å²) in [6.07, 6.45) is 6.24. The number of halogens is 1. The molecule has 170 valence electrons. The second kappa shape index (κ2) is 7.63. The van der Waals surface area contributed by atoms with Gasteiger partial charge in [-0.25, -0.2) is 0 Å². The molecule has 0 radical (unpaired) electrons. The van der Waals surface area contributed by atoms with Crippen LogP contribution in [0.25, 0.3) is 10.9 Å². The van der Waals surface area contributed by atoms with E-state index in [0.29, 0.717) is 30.2 Å². The van der Waals surface area contributed by atoms with Gasteiger partial charge in [-0.1, -0.05) is 48.0 Å². The first kappa shape index (κ1) is 20.8. The highest BCUT2D eigenvalue weighted by Gasteiger charge is 2.59. The SMILES string of the molecule is O=C(CC(c1ccccc1)c1c[nH]c2cc(Cl)ccc12)N1C2CC3CC1CC(C(=O)O)(C3)C2. The number of nitrogens with one attached hydrogen (secondary N) is 1. The van der Waals surface area contributed by atoms with Gasteiger partial charge in [-0.15, -0.1) is 0 Å². The number of aromatic amines is 1. The summed E-state index contributed by atoms with van der Waals surface area (Å²) in [7, 11) is 0. The molecule has 2 aromatic carbocycles. The van der Waals surface area contributed by atoms with Crippen LogP contribution in [0.1, 0.15) is 55.6 Å². The molecule has 5 nitrogen and oxygen atoms in total. The van der Waals surface area contributed by atoms with Crippen LogP contribution < -0.4 is 0 Å². The van der Waals surface area contributed by atoms with Crippen molar-refractivity contribution in [3.63, 3.8) is 0 Å².